The van der Waals surface area contributed by atoms with E-state index in [4.69, 9.17) is 10.7 Å². The molecule has 88 valence electrons. The Morgan fingerprint density at radius 2 is 2.19 bits per heavy atom. The average molecular weight is 261 g/mol. The van der Waals surface area contributed by atoms with Gasteiger partial charge in [0.25, 0.3) is 0 Å². The summed E-state index contributed by atoms with van der Waals surface area (Å²) >= 11 is 0. The third kappa shape index (κ3) is 2.68. The summed E-state index contributed by atoms with van der Waals surface area (Å²) < 4.78 is 22.0. The minimum atomic E-state index is -3.43. The molecule has 1 N–H and O–H groups in total. The third-order valence-corrected chi connectivity index (χ3v) is 4.24. The molecule has 0 saturated carbocycles. The zero-order valence-corrected chi connectivity index (χ0v) is 10.3. The van der Waals surface area contributed by atoms with Crippen LogP contribution in [-0.2, 0) is 21.9 Å². The van der Waals surface area contributed by atoms with E-state index in [9.17, 15) is 13.5 Å². The van der Waals surface area contributed by atoms with Crippen LogP contribution in [0.4, 0.5) is 0 Å². The summed E-state index contributed by atoms with van der Waals surface area (Å²) in [5.41, 5.74) is 1.99. The number of fused-ring (bicyclic) bond motifs is 1. The summed E-state index contributed by atoms with van der Waals surface area (Å²) in [7, 11) is 1.82. The van der Waals surface area contributed by atoms with Gasteiger partial charge in [-0.15, -0.1) is 0 Å². The van der Waals surface area contributed by atoms with Crippen molar-refractivity contribution in [3.05, 3.63) is 29.3 Å². The van der Waals surface area contributed by atoms with Gasteiger partial charge in [0.05, 0.1) is 5.75 Å². The number of hydrogen-bond donors (Lipinski definition) is 1. The number of phenols is 1. The number of benzene rings is 1. The Labute approximate surface area is 99.5 Å². The maximum Gasteiger partial charge on any atom is 0.232 e. The Morgan fingerprint density at radius 3 is 2.88 bits per heavy atom. The molecule has 0 aromatic heterocycles. The number of aromatic hydroxyl groups is 1. The van der Waals surface area contributed by atoms with Crippen molar-refractivity contribution in [2.24, 2.45) is 5.92 Å². The SMILES string of the molecule is O=S(=O)(Cl)CC1CCc2c(O)cccc2C1. The molecule has 0 amide bonds. The van der Waals surface area contributed by atoms with E-state index >= 15 is 0 Å². The molecular weight excluding hydrogens is 248 g/mol. The van der Waals surface area contributed by atoms with Crippen molar-refractivity contribution >= 4 is 19.7 Å². The van der Waals surface area contributed by atoms with Gasteiger partial charge in [0.2, 0.25) is 9.05 Å². The number of halogens is 1. The Bertz CT molecular complexity index is 496. The second-order valence-corrected chi connectivity index (χ2v) is 7.05. The lowest BCUT2D eigenvalue weighted by Gasteiger charge is -2.24. The summed E-state index contributed by atoms with van der Waals surface area (Å²) in [6, 6.07) is 5.38. The van der Waals surface area contributed by atoms with Crippen LogP contribution in [-0.4, -0.2) is 19.3 Å². The van der Waals surface area contributed by atoms with Gasteiger partial charge >= 0.3 is 0 Å². The molecule has 0 saturated heterocycles. The van der Waals surface area contributed by atoms with Crippen molar-refractivity contribution < 1.29 is 13.5 Å². The van der Waals surface area contributed by atoms with Gasteiger partial charge in [-0.3, -0.25) is 0 Å². The van der Waals surface area contributed by atoms with Crippen LogP contribution in [0.5, 0.6) is 5.75 Å². The van der Waals surface area contributed by atoms with Gasteiger partial charge in [-0.1, -0.05) is 12.1 Å². The van der Waals surface area contributed by atoms with E-state index in [0.29, 0.717) is 12.2 Å². The second kappa shape index (κ2) is 4.26. The standard InChI is InChI=1S/C11H13ClO3S/c12-16(14,15)7-8-4-5-10-9(6-8)2-1-3-11(10)13/h1-3,8,13H,4-7H2. The van der Waals surface area contributed by atoms with Gasteiger partial charge in [0.1, 0.15) is 5.75 Å². The summed E-state index contributed by atoms with van der Waals surface area (Å²) in [4.78, 5) is 0. The van der Waals surface area contributed by atoms with Crippen molar-refractivity contribution in [1.82, 2.24) is 0 Å². The van der Waals surface area contributed by atoms with Crippen LogP contribution < -0.4 is 0 Å². The number of rotatable bonds is 2. The van der Waals surface area contributed by atoms with Gasteiger partial charge in [0.15, 0.2) is 0 Å². The molecule has 0 aliphatic heterocycles. The molecule has 16 heavy (non-hydrogen) atoms. The average Bonchev–Trinajstić information content (AvgIpc) is 2.15. The van der Waals surface area contributed by atoms with E-state index < -0.39 is 9.05 Å². The lowest BCUT2D eigenvalue weighted by Crippen LogP contribution is -2.20. The molecule has 1 aromatic rings. The molecule has 5 heteroatoms. The lowest BCUT2D eigenvalue weighted by atomic mass is 9.84. The summed E-state index contributed by atoms with van der Waals surface area (Å²) in [6.45, 7) is 0. The van der Waals surface area contributed by atoms with Crippen molar-refractivity contribution in [2.75, 3.05) is 5.75 Å². The topological polar surface area (TPSA) is 54.4 Å². The maximum atomic E-state index is 11.0. The van der Waals surface area contributed by atoms with Crippen LogP contribution in [0.25, 0.3) is 0 Å². The summed E-state index contributed by atoms with van der Waals surface area (Å²) in [5.74, 6) is 0.394. The Morgan fingerprint density at radius 1 is 1.44 bits per heavy atom. The summed E-state index contributed by atoms with van der Waals surface area (Å²) in [6.07, 6.45) is 2.16. The molecule has 1 aliphatic rings. The first kappa shape index (κ1) is 11.7. The largest absolute Gasteiger partial charge is 0.508 e. The van der Waals surface area contributed by atoms with E-state index in [1.807, 2.05) is 6.07 Å². The van der Waals surface area contributed by atoms with Gasteiger partial charge in [-0.25, -0.2) is 8.42 Å². The Hall–Kier alpha value is -0.740. The van der Waals surface area contributed by atoms with Gasteiger partial charge < -0.3 is 5.11 Å². The maximum absolute atomic E-state index is 11.0. The molecule has 2 rings (SSSR count). The van der Waals surface area contributed by atoms with E-state index in [1.54, 1.807) is 12.1 Å². The zero-order valence-electron chi connectivity index (χ0n) is 8.69. The predicted octanol–water partition coefficient (Wildman–Crippen LogP) is 2.07. The van der Waals surface area contributed by atoms with Gasteiger partial charge in [-0.2, -0.15) is 0 Å². The normalized spacial score (nSPS) is 20.4. The fourth-order valence-corrected chi connectivity index (χ4v) is 3.67. The molecule has 0 heterocycles. The molecule has 3 nitrogen and oxygen atoms in total. The predicted molar refractivity (Wildman–Crippen MR) is 63.3 cm³/mol. The van der Waals surface area contributed by atoms with E-state index in [-0.39, 0.29) is 11.7 Å². The molecule has 0 spiro atoms. The number of hydrogen-bond acceptors (Lipinski definition) is 3. The van der Waals surface area contributed by atoms with E-state index in [2.05, 4.69) is 0 Å². The summed E-state index contributed by atoms with van der Waals surface area (Å²) in [5, 5.41) is 9.63. The second-order valence-electron chi connectivity index (χ2n) is 4.23. The Balaban J connectivity index is 2.19. The smallest absolute Gasteiger partial charge is 0.232 e. The molecule has 1 aliphatic carbocycles. The highest BCUT2D eigenvalue weighted by Gasteiger charge is 2.24. The molecule has 1 atom stereocenters. The molecule has 0 bridgehead atoms. The minimum Gasteiger partial charge on any atom is -0.508 e. The van der Waals surface area contributed by atoms with Crippen molar-refractivity contribution in [3.8, 4) is 5.75 Å². The first-order valence-electron chi connectivity index (χ1n) is 5.18. The molecule has 1 unspecified atom stereocenters. The first-order chi connectivity index (χ1) is 7.46. The Kier molecular flexibility index (Phi) is 3.13. The zero-order chi connectivity index (χ0) is 11.8. The quantitative estimate of drug-likeness (QED) is 0.829. The van der Waals surface area contributed by atoms with Crippen LogP contribution >= 0.6 is 10.7 Å². The molecule has 0 radical (unpaired) electrons. The first-order valence-corrected chi connectivity index (χ1v) is 7.65. The van der Waals surface area contributed by atoms with Crippen LogP contribution in [0.15, 0.2) is 18.2 Å². The fourth-order valence-electron chi connectivity index (χ4n) is 2.29. The highest BCUT2D eigenvalue weighted by Crippen LogP contribution is 2.32. The van der Waals surface area contributed by atoms with Gasteiger partial charge in [-0.05, 0) is 42.4 Å². The third-order valence-electron chi connectivity index (χ3n) is 2.99. The van der Waals surface area contributed by atoms with Gasteiger partial charge in [0, 0.05) is 10.7 Å². The molecule has 1 aromatic carbocycles. The molecular formula is C11H13ClO3S. The van der Waals surface area contributed by atoms with E-state index in [0.717, 1.165) is 24.0 Å². The van der Waals surface area contributed by atoms with Crippen molar-refractivity contribution in [3.63, 3.8) is 0 Å². The number of phenolic OH excluding ortho intramolecular Hbond substituents is 1. The monoisotopic (exact) mass is 260 g/mol. The van der Waals surface area contributed by atoms with Crippen LogP contribution in [0.3, 0.4) is 0 Å². The minimum absolute atomic E-state index is 0.0175. The lowest BCUT2D eigenvalue weighted by molar-refractivity contribution is 0.443. The van der Waals surface area contributed by atoms with Crippen molar-refractivity contribution in [1.29, 1.82) is 0 Å². The highest BCUT2D eigenvalue weighted by atomic mass is 35.7. The fraction of sp³-hybridized carbons (Fsp3) is 0.455. The van der Waals surface area contributed by atoms with Crippen LogP contribution in [0, 0.1) is 5.92 Å². The highest BCUT2D eigenvalue weighted by molar-refractivity contribution is 8.13. The van der Waals surface area contributed by atoms with E-state index in [1.165, 1.54) is 0 Å². The van der Waals surface area contributed by atoms with Crippen molar-refractivity contribution in [2.45, 2.75) is 19.3 Å². The van der Waals surface area contributed by atoms with Crippen LogP contribution in [0.2, 0.25) is 0 Å². The molecule has 0 fully saturated rings. The van der Waals surface area contributed by atoms with Crippen LogP contribution in [0.1, 0.15) is 17.5 Å².